The van der Waals surface area contributed by atoms with E-state index in [0.29, 0.717) is 0 Å². The Balaban J connectivity index is 1.36. The van der Waals surface area contributed by atoms with Crippen molar-refractivity contribution in [1.29, 1.82) is 0 Å². The number of fused-ring (bicyclic) bond motifs is 5. The molecule has 3 aliphatic rings. The molecule has 0 saturated heterocycles. The fourth-order valence-electron chi connectivity index (χ4n) is 4.03. The van der Waals surface area contributed by atoms with E-state index in [9.17, 15) is 0 Å². The third-order valence-corrected chi connectivity index (χ3v) is 7.64. The van der Waals surface area contributed by atoms with Crippen LogP contribution in [-0.4, -0.2) is 23.7 Å². The first-order valence-corrected chi connectivity index (χ1v) is 9.52. The molecule has 2 fully saturated rings. The Hall–Kier alpha value is 0.390. The van der Waals surface area contributed by atoms with Gasteiger partial charge in [0.1, 0.15) is 0 Å². The van der Waals surface area contributed by atoms with Crippen LogP contribution in [0.5, 0.6) is 0 Å². The molecular formula is C15H24IO2-. The summed E-state index contributed by atoms with van der Waals surface area (Å²) in [5.41, 5.74) is 0. The Bertz CT molecular complexity index is 305. The molecule has 3 aliphatic carbocycles. The van der Waals surface area contributed by atoms with Gasteiger partial charge < -0.3 is 0 Å². The number of ether oxygens (including phenoxy) is 1. The van der Waals surface area contributed by atoms with Gasteiger partial charge in [0.05, 0.1) is 0 Å². The average molecular weight is 363 g/mol. The maximum atomic E-state index is 5.93. The second-order valence-corrected chi connectivity index (χ2v) is 8.56. The molecule has 0 radical (unpaired) electrons. The van der Waals surface area contributed by atoms with Crippen molar-refractivity contribution < 1.29 is 29.4 Å². The first-order valence-electron chi connectivity index (χ1n) is 7.40. The van der Waals surface area contributed by atoms with E-state index in [1.165, 1.54) is 19.3 Å². The number of hydrogen-bond donors (Lipinski definition) is 0. The zero-order chi connectivity index (χ0) is 12.4. The van der Waals surface area contributed by atoms with Crippen LogP contribution >= 0.6 is 0 Å². The van der Waals surface area contributed by atoms with E-state index in [4.69, 9.17) is 7.80 Å². The van der Waals surface area contributed by atoms with Crippen molar-refractivity contribution in [3.8, 4) is 0 Å². The van der Waals surface area contributed by atoms with E-state index in [2.05, 4.69) is 19.1 Å². The molecule has 18 heavy (non-hydrogen) atoms. The van der Waals surface area contributed by atoms with Gasteiger partial charge in [0.25, 0.3) is 0 Å². The fraction of sp³-hybridized carbons (Fsp3) is 0.867. The van der Waals surface area contributed by atoms with Gasteiger partial charge in [-0.05, 0) is 0 Å². The van der Waals surface area contributed by atoms with E-state index in [-0.39, 0.29) is 21.6 Å². The van der Waals surface area contributed by atoms with Crippen LogP contribution < -0.4 is 21.6 Å². The Kier molecular flexibility index (Phi) is 4.63. The van der Waals surface area contributed by atoms with E-state index >= 15 is 0 Å². The summed E-state index contributed by atoms with van der Waals surface area (Å²) >= 11 is -0.0560. The van der Waals surface area contributed by atoms with E-state index in [1.807, 2.05) is 0 Å². The van der Waals surface area contributed by atoms with Gasteiger partial charge in [-0.25, -0.2) is 0 Å². The summed E-state index contributed by atoms with van der Waals surface area (Å²) in [4.78, 5) is 0. The zero-order valence-electron chi connectivity index (χ0n) is 11.2. The molecule has 0 aromatic rings. The van der Waals surface area contributed by atoms with E-state index in [0.717, 1.165) is 53.8 Å². The molecule has 5 atom stereocenters. The summed E-state index contributed by atoms with van der Waals surface area (Å²) in [6, 6.07) is 0. The topological polar surface area (TPSA) is 18.5 Å². The maximum absolute atomic E-state index is 5.93. The molecule has 0 amide bonds. The zero-order valence-corrected chi connectivity index (χ0v) is 13.3. The second-order valence-electron chi connectivity index (χ2n) is 5.83. The molecule has 0 aromatic carbocycles. The van der Waals surface area contributed by atoms with Crippen molar-refractivity contribution in [2.75, 3.05) is 19.8 Å². The molecule has 2 bridgehead atoms. The summed E-state index contributed by atoms with van der Waals surface area (Å²) in [6.07, 6.45) is 10.4. The first-order chi connectivity index (χ1) is 8.90. The van der Waals surface area contributed by atoms with E-state index < -0.39 is 0 Å². The molecule has 3 rings (SSSR count). The standard InChI is InChI=1S/C15H24IO2/c1-2-6-17-7-8-18-16-15-10-11-9-14(15)13-5-3-4-12(11)13/h3,5,11-15H,2,4,6-10H2,1H3/q-1. The van der Waals surface area contributed by atoms with Gasteiger partial charge in [-0.3, -0.25) is 0 Å². The summed E-state index contributed by atoms with van der Waals surface area (Å²) in [6.45, 7) is 4.64. The quantitative estimate of drug-likeness (QED) is 0.275. The Morgan fingerprint density at radius 1 is 1.17 bits per heavy atom. The minimum absolute atomic E-state index is 0.0560. The number of hydrogen-bond acceptors (Lipinski definition) is 2. The van der Waals surface area contributed by atoms with Gasteiger partial charge in [-0.15, -0.1) is 0 Å². The number of rotatable bonds is 7. The average Bonchev–Trinajstić information content (AvgIpc) is 3.04. The van der Waals surface area contributed by atoms with Crippen LogP contribution in [0, 0.1) is 23.7 Å². The Morgan fingerprint density at radius 2 is 2.11 bits per heavy atom. The summed E-state index contributed by atoms with van der Waals surface area (Å²) in [5.74, 6) is 3.94. The Labute approximate surface area is 121 Å². The molecule has 0 spiro atoms. The van der Waals surface area contributed by atoms with Crippen molar-refractivity contribution in [2.45, 2.75) is 36.5 Å². The van der Waals surface area contributed by atoms with Gasteiger partial charge in [0.2, 0.25) is 0 Å². The number of alkyl halides is 1. The van der Waals surface area contributed by atoms with Gasteiger partial charge in [0.15, 0.2) is 0 Å². The second kappa shape index (κ2) is 6.23. The molecule has 3 heteroatoms. The summed E-state index contributed by atoms with van der Waals surface area (Å²) in [5, 5.41) is 0. The monoisotopic (exact) mass is 363 g/mol. The molecule has 2 nitrogen and oxygen atoms in total. The van der Waals surface area contributed by atoms with E-state index in [1.54, 1.807) is 0 Å². The SMILES string of the molecule is CCCOCCO[I-]C1CC2CC1C1C=CCC21. The fourth-order valence-corrected chi connectivity index (χ4v) is 6.94. The van der Waals surface area contributed by atoms with Crippen LogP contribution in [0.25, 0.3) is 0 Å². The van der Waals surface area contributed by atoms with Crippen molar-refractivity contribution in [3.05, 3.63) is 12.2 Å². The number of halogens is 1. The predicted octanol–water partition coefficient (Wildman–Crippen LogP) is 0.0343. The van der Waals surface area contributed by atoms with Gasteiger partial charge >= 0.3 is 122 Å². The summed E-state index contributed by atoms with van der Waals surface area (Å²) in [7, 11) is 0. The molecular weight excluding hydrogens is 339 g/mol. The third-order valence-electron chi connectivity index (χ3n) is 4.76. The number of allylic oxidation sites excluding steroid dienone is 2. The third kappa shape index (κ3) is 2.63. The van der Waals surface area contributed by atoms with Crippen LogP contribution in [-0.2, 0) is 7.80 Å². The van der Waals surface area contributed by atoms with Gasteiger partial charge in [0, 0.05) is 0 Å². The first kappa shape index (κ1) is 13.4. The predicted molar refractivity (Wildman–Crippen MR) is 67.8 cm³/mol. The van der Waals surface area contributed by atoms with Crippen LogP contribution in [0.1, 0.15) is 32.6 Å². The molecule has 0 N–H and O–H groups in total. The molecule has 0 aromatic heterocycles. The Morgan fingerprint density at radius 3 is 3.00 bits per heavy atom. The van der Waals surface area contributed by atoms with Crippen molar-refractivity contribution in [3.63, 3.8) is 0 Å². The van der Waals surface area contributed by atoms with Crippen LogP contribution in [0.3, 0.4) is 0 Å². The minimum atomic E-state index is -0.0560. The molecule has 0 heterocycles. The van der Waals surface area contributed by atoms with Crippen molar-refractivity contribution >= 4 is 0 Å². The van der Waals surface area contributed by atoms with Crippen molar-refractivity contribution in [1.82, 2.24) is 0 Å². The van der Waals surface area contributed by atoms with Crippen LogP contribution in [0.15, 0.2) is 12.2 Å². The van der Waals surface area contributed by atoms with Crippen molar-refractivity contribution in [2.24, 2.45) is 23.7 Å². The normalized spacial score (nSPS) is 40.8. The molecule has 0 aliphatic heterocycles. The molecule has 5 unspecified atom stereocenters. The molecule has 2 saturated carbocycles. The molecule has 104 valence electrons. The van der Waals surface area contributed by atoms with Crippen LogP contribution in [0.2, 0.25) is 0 Å². The van der Waals surface area contributed by atoms with Gasteiger partial charge in [-0.1, -0.05) is 0 Å². The van der Waals surface area contributed by atoms with Crippen LogP contribution in [0.4, 0.5) is 0 Å². The van der Waals surface area contributed by atoms with Gasteiger partial charge in [-0.2, -0.15) is 0 Å². The summed E-state index contributed by atoms with van der Waals surface area (Å²) < 4.78 is 12.3.